The molecule has 1 atom stereocenters. The lowest BCUT2D eigenvalue weighted by molar-refractivity contribution is -0.133. The van der Waals surface area contributed by atoms with E-state index in [9.17, 15) is 9.00 Å². The fourth-order valence-corrected chi connectivity index (χ4v) is 7.28. The highest BCUT2D eigenvalue weighted by atomic mass is 32.2. The molecule has 1 aromatic heterocycles. The van der Waals surface area contributed by atoms with Gasteiger partial charge in [-0.25, -0.2) is 8.51 Å². The number of aromatic nitrogens is 1. The second-order valence-electron chi connectivity index (χ2n) is 12.5. The number of amides is 1. The van der Waals surface area contributed by atoms with Gasteiger partial charge >= 0.3 is 0 Å². The van der Waals surface area contributed by atoms with Crippen LogP contribution in [0.1, 0.15) is 54.7 Å². The number of hydrogen-bond acceptors (Lipinski definition) is 4. The Labute approximate surface area is 257 Å². The number of likely N-dealkylation sites (tertiary alicyclic amines) is 1. The van der Waals surface area contributed by atoms with E-state index in [0.29, 0.717) is 24.2 Å². The predicted molar refractivity (Wildman–Crippen MR) is 176 cm³/mol. The zero-order chi connectivity index (χ0) is 30.4. The van der Waals surface area contributed by atoms with E-state index in [2.05, 4.69) is 71.3 Å². The molecule has 2 aliphatic heterocycles. The standard InChI is InChI=1S/C34H43N5O3S/c1-22(35-43(41)37(4)5)24-12-14-30-31(18-24)39-19-26(34(40)38-20-27(21-38)36(2)3)16-25-17-28(42-6)13-15-29(25)33(39)32(30)23-10-8-7-9-11-23/h12-18,23,27,35H,1,7-11,19-21H2,2-6H3. The molecule has 0 radical (unpaired) electrons. The van der Waals surface area contributed by atoms with Gasteiger partial charge in [0.15, 0.2) is 11.2 Å². The number of rotatable bonds is 8. The highest BCUT2D eigenvalue weighted by Gasteiger charge is 2.36. The average Bonchev–Trinajstić information content (AvgIpc) is 3.18. The Bertz CT molecular complexity index is 1630. The van der Waals surface area contributed by atoms with Crippen LogP contribution in [0.4, 0.5) is 0 Å². The summed E-state index contributed by atoms with van der Waals surface area (Å²) in [6.07, 6.45) is 8.14. The van der Waals surface area contributed by atoms with Crippen molar-refractivity contribution in [3.05, 3.63) is 65.2 Å². The summed E-state index contributed by atoms with van der Waals surface area (Å²) in [4.78, 5) is 18.2. The maximum absolute atomic E-state index is 14.0. The zero-order valence-corrected chi connectivity index (χ0v) is 26.8. The number of hydrogen-bond donors (Lipinski definition) is 1. The van der Waals surface area contributed by atoms with Gasteiger partial charge in [0, 0.05) is 66.5 Å². The lowest BCUT2D eigenvalue weighted by Crippen LogP contribution is -2.59. The number of fused-ring (bicyclic) bond motifs is 5. The van der Waals surface area contributed by atoms with Gasteiger partial charge < -0.3 is 19.1 Å². The molecule has 9 heteroatoms. The van der Waals surface area contributed by atoms with Gasteiger partial charge in [-0.15, -0.1) is 0 Å². The van der Waals surface area contributed by atoms with Crippen molar-refractivity contribution in [2.45, 2.75) is 50.6 Å². The van der Waals surface area contributed by atoms with Crippen molar-refractivity contribution in [3.8, 4) is 17.0 Å². The Kier molecular flexibility index (Phi) is 8.24. The second-order valence-corrected chi connectivity index (χ2v) is 13.9. The van der Waals surface area contributed by atoms with Crippen molar-refractivity contribution in [1.29, 1.82) is 0 Å². The summed E-state index contributed by atoms with van der Waals surface area (Å²) in [5, 5.41) is 1.22. The smallest absolute Gasteiger partial charge is 0.251 e. The fourth-order valence-electron chi connectivity index (χ4n) is 6.77. The third kappa shape index (κ3) is 5.54. The highest BCUT2D eigenvalue weighted by molar-refractivity contribution is 7.80. The van der Waals surface area contributed by atoms with Crippen molar-refractivity contribution in [1.82, 2.24) is 23.4 Å². The summed E-state index contributed by atoms with van der Waals surface area (Å²) in [5.41, 5.74) is 8.04. The molecule has 3 aromatic rings. The van der Waals surface area contributed by atoms with Gasteiger partial charge in [0.2, 0.25) is 0 Å². The van der Waals surface area contributed by atoms with E-state index in [1.165, 1.54) is 35.9 Å². The van der Waals surface area contributed by atoms with Crippen LogP contribution < -0.4 is 9.46 Å². The summed E-state index contributed by atoms with van der Waals surface area (Å²) in [7, 11) is 9.35. The molecular weight excluding hydrogens is 558 g/mol. The van der Waals surface area contributed by atoms with Crippen LogP contribution in [0.25, 0.3) is 33.9 Å². The van der Waals surface area contributed by atoms with Crippen molar-refractivity contribution < 1.29 is 13.7 Å². The molecule has 6 rings (SSSR count). The number of methoxy groups -OCH3 is 1. The summed E-state index contributed by atoms with van der Waals surface area (Å²) >= 11 is -1.39. The summed E-state index contributed by atoms with van der Waals surface area (Å²) in [6, 6.07) is 13.1. The van der Waals surface area contributed by atoms with E-state index in [0.717, 1.165) is 59.5 Å². The third-order valence-corrected chi connectivity index (χ3v) is 10.4. The largest absolute Gasteiger partial charge is 0.497 e. The van der Waals surface area contributed by atoms with Crippen LogP contribution in [0.3, 0.4) is 0 Å². The molecule has 0 bridgehead atoms. The second kappa shape index (κ2) is 11.9. The summed E-state index contributed by atoms with van der Waals surface area (Å²) < 4.78 is 25.2. The fraction of sp³-hybridized carbons (Fsp3) is 0.441. The first kappa shape index (κ1) is 29.7. The minimum absolute atomic E-state index is 0.0874. The molecule has 0 spiro atoms. The number of carbonyl (C=O) groups excluding carboxylic acids is 1. The number of carbonyl (C=O) groups is 1. The molecule has 1 saturated carbocycles. The molecule has 2 fully saturated rings. The average molecular weight is 602 g/mol. The maximum Gasteiger partial charge on any atom is 0.251 e. The SMILES string of the molecule is C=C(NS(=O)N(C)C)c1ccc2c(C3CCCCC3)c3n(c2c1)CC(C(=O)N1CC(N(C)C)C1)=Cc1cc(OC)ccc1-3. The summed E-state index contributed by atoms with van der Waals surface area (Å²) in [5.74, 6) is 1.31. The van der Waals surface area contributed by atoms with Gasteiger partial charge in [-0.05, 0) is 74.3 Å². The van der Waals surface area contributed by atoms with Crippen LogP contribution in [0.2, 0.25) is 0 Å². The van der Waals surface area contributed by atoms with Crippen LogP contribution in [0, 0.1) is 0 Å². The molecular formula is C34H43N5O3S. The van der Waals surface area contributed by atoms with Gasteiger partial charge in [-0.2, -0.15) is 0 Å². The quantitative estimate of drug-likeness (QED) is 0.384. The van der Waals surface area contributed by atoms with Gasteiger partial charge in [0.1, 0.15) is 5.75 Å². The number of ether oxygens (including phenoxy) is 1. The Balaban J connectivity index is 1.52. The number of nitrogens with one attached hydrogen (secondary N) is 1. The Morgan fingerprint density at radius 1 is 1.05 bits per heavy atom. The molecule has 1 unspecified atom stereocenters. The Morgan fingerprint density at radius 3 is 2.47 bits per heavy atom. The highest BCUT2D eigenvalue weighted by Crippen LogP contribution is 2.47. The van der Waals surface area contributed by atoms with Gasteiger partial charge in [0.25, 0.3) is 5.91 Å². The van der Waals surface area contributed by atoms with E-state index in [-0.39, 0.29) is 5.91 Å². The Hall–Kier alpha value is -3.40. The van der Waals surface area contributed by atoms with E-state index in [1.807, 2.05) is 11.0 Å². The zero-order valence-electron chi connectivity index (χ0n) is 26.0. The topological polar surface area (TPSA) is 70.1 Å². The van der Waals surface area contributed by atoms with E-state index >= 15 is 0 Å². The molecule has 2 aromatic carbocycles. The molecule has 1 N–H and O–H groups in total. The van der Waals surface area contributed by atoms with E-state index < -0.39 is 11.2 Å². The van der Waals surface area contributed by atoms with Crippen molar-refractivity contribution in [2.75, 3.05) is 48.4 Å². The first-order valence-electron chi connectivity index (χ1n) is 15.2. The van der Waals surface area contributed by atoms with E-state index in [1.54, 1.807) is 25.5 Å². The van der Waals surface area contributed by atoms with Crippen LogP contribution >= 0.6 is 0 Å². The predicted octanol–water partition coefficient (Wildman–Crippen LogP) is 5.23. The number of benzene rings is 2. The van der Waals surface area contributed by atoms with Gasteiger partial charge in [-0.1, -0.05) is 38.0 Å². The lowest BCUT2D eigenvalue weighted by Gasteiger charge is -2.43. The molecule has 3 aliphatic rings. The molecule has 8 nitrogen and oxygen atoms in total. The van der Waals surface area contributed by atoms with E-state index in [4.69, 9.17) is 4.74 Å². The van der Waals surface area contributed by atoms with Crippen molar-refractivity contribution >= 4 is 39.8 Å². The maximum atomic E-state index is 14.0. The molecule has 1 saturated heterocycles. The monoisotopic (exact) mass is 601 g/mol. The summed E-state index contributed by atoms with van der Waals surface area (Å²) in [6.45, 7) is 6.16. The molecule has 1 amide bonds. The van der Waals surface area contributed by atoms with Crippen LogP contribution in [0.5, 0.6) is 5.75 Å². The van der Waals surface area contributed by atoms with Crippen LogP contribution in [-0.2, 0) is 22.5 Å². The van der Waals surface area contributed by atoms with Gasteiger partial charge in [-0.3, -0.25) is 9.52 Å². The van der Waals surface area contributed by atoms with Gasteiger partial charge in [0.05, 0.1) is 19.3 Å². The third-order valence-electron chi connectivity index (χ3n) is 9.33. The minimum atomic E-state index is -1.39. The lowest BCUT2D eigenvalue weighted by atomic mass is 9.81. The van der Waals surface area contributed by atoms with Crippen molar-refractivity contribution in [2.24, 2.45) is 0 Å². The normalized spacial score (nSPS) is 18.1. The molecule has 3 heterocycles. The first-order valence-corrected chi connectivity index (χ1v) is 16.3. The molecule has 1 aliphatic carbocycles. The molecule has 43 heavy (non-hydrogen) atoms. The Morgan fingerprint density at radius 2 is 1.79 bits per heavy atom. The number of likely N-dealkylation sites (N-methyl/N-ethyl adjacent to an activating group) is 1. The van der Waals surface area contributed by atoms with Crippen molar-refractivity contribution in [3.63, 3.8) is 0 Å². The first-order chi connectivity index (χ1) is 20.7. The minimum Gasteiger partial charge on any atom is -0.497 e. The van der Waals surface area contributed by atoms with Crippen LogP contribution in [-0.4, -0.2) is 83.2 Å². The van der Waals surface area contributed by atoms with Crippen LogP contribution in [0.15, 0.2) is 48.6 Å². The molecule has 228 valence electrons. The number of nitrogens with zero attached hydrogens (tertiary/aromatic N) is 4.